The minimum absolute atomic E-state index is 0.483. The van der Waals surface area contributed by atoms with Crippen molar-refractivity contribution in [3.63, 3.8) is 0 Å². The first-order valence-corrected chi connectivity index (χ1v) is 4.86. The van der Waals surface area contributed by atoms with Gasteiger partial charge in [0.2, 0.25) is 0 Å². The molecule has 0 aliphatic heterocycles. The highest BCUT2D eigenvalue weighted by Gasteiger charge is 1.98. The summed E-state index contributed by atoms with van der Waals surface area (Å²) in [6, 6.07) is 2.54. The van der Waals surface area contributed by atoms with Crippen LogP contribution in [0.1, 0.15) is 25.6 Å². The highest BCUT2D eigenvalue weighted by Crippen LogP contribution is 2.06. The van der Waals surface area contributed by atoms with Gasteiger partial charge in [0.1, 0.15) is 0 Å². The van der Waals surface area contributed by atoms with Gasteiger partial charge in [-0.1, -0.05) is 22.6 Å². The molecule has 56 valence electrons. The third-order valence-corrected chi connectivity index (χ3v) is 2.11. The lowest BCUT2D eigenvalue weighted by atomic mass is 10.4. The Labute approximate surface area is 74.8 Å². The second kappa shape index (κ2) is 3.37. The van der Waals surface area contributed by atoms with Crippen molar-refractivity contribution in [2.75, 3.05) is 0 Å². The fourth-order valence-electron chi connectivity index (χ4n) is 0.736. The molecule has 10 heavy (non-hydrogen) atoms. The second-order valence-electron chi connectivity index (χ2n) is 2.51. The molecule has 1 aromatic rings. The zero-order valence-electron chi connectivity index (χ0n) is 6.21. The van der Waals surface area contributed by atoms with Gasteiger partial charge in [0.25, 0.3) is 0 Å². The maximum atomic E-state index is 4.34. The van der Waals surface area contributed by atoms with Crippen molar-refractivity contribution >= 4 is 22.6 Å². The summed E-state index contributed by atoms with van der Waals surface area (Å²) in [4.78, 5) is 0. The van der Waals surface area contributed by atoms with Crippen molar-refractivity contribution in [3.05, 3.63) is 18.0 Å². The van der Waals surface area contributed by atoms with Crippen LogP contribution in [0, 0.1) is 0 Å². The van der Waals surface area contributed by atoms with Gasteiger partial charge in [-0.15, -0.1) is 0 Å². The quantitative estimate of drug-likeness (QED) is 0.582. The average molecular weight is 250 g/mol. The molecule has 3 heteroatoms. The number of nitrogens with zero attached hydrogens (tertiary/aromatic N) is 2. The van der Waals surface area contributed by atoms with E-state index >= 15 is 0 Å². The predicted octanol–water partition coefficient (Wildman–Crippen LogP) is 2.40. The number of halogens is 1. The predicted molar refractivity (Wildman–Crippen MR) is 50.3 cm³/mol. The Balaban J connectivity index is 2.78. The number of aromatic nitrogens is 2. The first-order valence-electron chi connectivity index (χ1n) is 3.34. The largest absolute Gasteiger partial charge is 0.270 e. The number of alkyl halides is 1. The highest BCUT2D eigenvalue weighted by molar-refractivity contribution is 14.1. The summed E-state index contributed by atoms with van der Waals surface area (Å²) in [5.74, 6) is 0. The number of hydrogen-bond acceptors (Lipinski definition) is 1. The first-order chi connectivity index (χ1) is 4.74. The van der Waals surface area contributed by atoms with E-state index in [1.807, 2.05) is 10.9 Å². The monoisotopic (exact) mass is 250 g/mol. The van der Waals surface area contributed by atoms with Gasteiger partial charge < -0.3 is 0 Å². The topological polar surface area (TPSA) is 17.8 Å². The smallest absolute Gasteiger partial charge is 0.0721 e. The van der Waals surface area contributed by atoms with E-state index in [-0.39, 0.29) is 0 Å². The van der Waals surface area contributed by atoms with Gasteiger partial charge in [-0.25, -0.2) is 0 Å². The summed E-state index contributed by atoms with van der Waals surface area (Å²) in [5.41, 5.74) is 1.16. The van der Waals surface area contributed by atoms with Crippen LogP contribution in [0.25, 0.3) is 0 Å². The number of hydrogen-bond donors (Lipinski definition) is 0. The maximum Gasteiger partial charge on any atom is 0.0721 e. The average Bonchev–Trinajstić information content (AvgIpc) is 2.34. The van der Waals surface area contributed by atoms with Crippen molar-refractivity contribution < 1.29 is 0 Å². The van der Waals surface area contributed by atoms with Gasteiger partial charge in [0, 0.05) is 16.7 Å². The molecule has 0 aliphatic carbocycles. The lowest BCUT2D eigenvalue weighted by molar-refractivity contribution is 0.529. The molecule has 0 saturated carbocycles. The van der Waals surface area contributed by atoms with E-state index in [4.69, 9.17) is 0 Å². The summed E-state index contributed by atoms with van der Waals surface area (Å²) < 4.78 is 2.98. The summed E-state index contributed by atoms with van der Waals surface area (Å²) in [6.45, 7) is 4.26. The lowest BCUT2D eigenvalue weighted by Gasteiger charge is -2.02. The zero-order chi connectivity index (χ0) is 7.56. The molecule has 2 nitrogen and oxygen atoms in total. The molecule has 0 radical (unpaired) electrons. The molecule has 1 aromatic heterocycles. The van der Waals surface area contributed by atoms with Crippen LogP contribution in [0.3, 0.4) is 0 Å². The van der Waals surface area contributed by atoms with Crippen molar-refractivity contribution in [1.82, 2.24) is 9.78 Å². The Morgan fingerprint density at radius 1 is 1.70 bits per heavy atom. The fourth-order valence-corrected chi connectivity index (χ4v) is 1.14. The van der Waals surface area contributed by atoms with Crippen molar-refractivity contribution in [1.29, 1.82) is 0 Å². The summed E-state index contributed by atoms with van der Waals surface area (Å²) in [7, 11) is 0. The van der Waals surface area contributed by atoms with E-state index in [9.17, 15) is 0 Å². The SMILES string of the molecule is CC(C)n1ccc(CI)n1. The molecular formula is C7H11IN2. The van der Waals surface area contributed by atoms with Crippen LogP contribution in [0.15, 0.2) is 12.3 Å². The van der Waals surface area contributed by atoms with Crippen LogP contribution in [0.4, 0.5) is 0 Å². The molecule has 0 unspecified atom stereocenters. The second-order valence-corrected chi connectivity index (χ2v) is 3.28. The van der Waals surface area contributed by atoms with Gasteiger partial charge in [-0.05, 0) is 19.9 Å². The Hall–Kier alpha value is -0.0600. The minimum atomic E-state index is 0.483. The van der Waals surface area contributed by atoms with Crippen LogP contribution in [-0.2, 0) is 4.43 Å². The molecule has 0 saturated heterocycles. The molecule has 0 aliphatic rings. The minimum Gasteiger partial charge on any atom is -0.270 e. The number of rotatable bonds is 2. The summed E-state index contributed by atoms with van der Waals surface area (Å²) >= 11 is 2.31. The van der Waals surface area contributed by atoms with Gasteiger partial charge in [0.05, 0.1) is 5.69 Å². The van der Waals surface area contributed by atoms with E-state index in [1.165, 1.54) is 0 Å². The van der Waals surface area contributed by atoms with Gasteiger partial charge in [0.15, 0.2) is 0 Å². The fraction of sp³-hybridized carbons (Fsp3) is 0.571. The molecule has 0 amide bonds. The van der Waals surface area contributed by atoms with Crippen molar-refractivity contribution in [2.45, 2.75) is 24.3 Å². The van der Waals surface area contributed by atoms with E-state index < -0.39 is 0 Å². The van der Waals surface area contributed by atoms with Crippen LogP contribution in [0.2, 0.25) is 0 Å². The van der Waals surface area contributed by atoms with E-state index in [0.29, 0.717) is 6.04 Å². The van der Waals surface area contributed by atoms with E-state index in [2.05, 4.69) is 47.6 Å². The van der Waals surface area contributed by atoms with Crippen molar-refractivity contribution in [3.8, 4) is 0 Å². The maximum absolute atomic E-state index is 4.34. The molecule has 0 spiro atoms. The Bertz CT molecular complexity index is 205. The van der Waals surface area contributed by atoms with Crippen LogP contribution >= 0.6 is 22.6 Å². The molecule has 0 bridgehead atoms. The molecule has 1 heterocycles. The third-order valence-electron chi connectivity index (χ3n) is 1.33. The van der Waals surface area contributed by atoms with Gasteiger partial charge in [-0.2, -0.15) is 5.10 Å². The van der Waals surface area contributed by atoms with Gasteiger partial charge >= 0.3 is 0 Å². The molecule has 0 fully saturated rings. The van der Waals surface area contributed by atoms with Crippen molar-refractivity contribution in [2.24, 2.45) is 0 Å². The Morgan fingerprint density at radius 2 is 2.40 bits per heavy atom. The van der Waals surface area contributed by atoms with E-state index in [1.54, 1.807) is 0 Å². The van der Waals surface area contributed by atoms with Crippen LogP contribution < -0.4 is 0 Å². The molecule has 1 rings (SSSR count). The molecule has 0 atom stereocenters. The summed E-state index contributed by atoms with van der Waals surface area (Å²) in [6.07, 6.45) is 2.03. The standard InChI is InChI=1S/C7H11IN2/c1-6(2)10-4-3-7(5-8)9-10/h3-4,6H,5H2,1-2H3. The first kappa shape index (κ1) is 8.04. The van der Waals surface area contributed by atoms with E-state index in [0.717, 1.165) is 10.1 Å². The van der Waals surface area contributed by atoms with Gasteiger partial charge in [-0.3, -0.25) is 4.68 Å². The van der Waals surface area contributed by atoms with Crippen LogP contribution in [0.5, 0.6) is 0 Å². The summed E-state index contributed by atoms with van der Waals surface area (Å²) in [5, 5.41) is 4.34. The zero-order valence-corrected chi connectivity index (χ0v) is 8.37. The lowest BCUT2D eigenvalue weighted by Crippen LogP contribution is -2.00. The Morgan fingerprint density at radius 3 is 2.70 bits per heavy atom. The third kappa shape index (κ3) is 1.71. The molecule has 0 N–H and O–H groups in total. The Kier molecular flexibility index (Phi) is 2.71. The van der Waals surface area contributed by atoms with Crippen LogP contribution in [-0.4, -0.2) is 9.78 Å². The highest BCUT2D eigenvalue weighted by atomic mass is 127. The normalized spacial score (nSPS) is 10.8. The molecule has 0 aromatic carbocycles. The molecular weight excluding hydrogens is 239 g/mol.